The molecule has 0 bridgehead atoms. The van der Waals surface area contributed by atoms with Gasteiger partial charge in [0.25, 0.3) is 0 Å². The molecule has 0 heterocycles. The zero-order chi connectivity index (χ0) is 20.5. The third-order valence-electron chi connectivity index (χ3n) is 4.18. The van der Waals surface area contributed by atoms with Crippen molar-refractivity contribution in [2.45, 2.75) is 32.7 Å². The molecule has 0 fully saturated rings. The Morgan fingerprint density at radius 2 is 1.75 bits per heavy atom. The zero-order valence-corrected chi connectivity index (χ0v) is 16.2. The van der Waals surface area contributed by atoms with Crippen LogP contribution in [0.1, 0.15) is 24.5 Å². The number of rotatable bonds is 7. The second-order valence-electron chi connectivity index (χ2n) is 6.30. The number of alkyl carbamates (subject to hydrolysis) is 1. The highest BCUT2D eigenvalue weighted by Gasteiger charge is 2.22. The average Bonchev–Trinajstić information content (AvgIpc) is 2.70. The molecule has 1 unspecified atom stereocenters. The van der Waals surface area contributed by atoms with E-state index in [1.54, 1.807) is 25.1 Å². The van der Waals surface area contributed by atoms with Crippen molar-refractivity contribution in [2.24, 2.45) is 0 Å². The second-order valence-corrected chi connectivity index (χ2v) is 6.30. The lowest BCUT2D eigenvalue weighted by molar-refractivity contribution is -0.118. The third kappa shape index (κ3) is 6.12. The summed E-state index contributed by atoms with van der Waals surface area (Å²) in [6.45, 7) is 3.61. The van der Waals surface area contributed by atoms with Gasteiger partial charge in [0.15, 0.2) is 0 Å². The van der Waals surface area contributed by atoms with Gasteiger partial charge in [0.05, 0.1) is 7.11 Å². The molecule has 28 heavy (non-hydrogen) atoms. The first kappa shape index (κ1) is 21.0. The SMILES string of the molecule is CCC(=O)Nc1ccc(C)c(NC(=O)C(Cc2ccccc2)NC(=O)OC)c1. The fourth-order valence-electron chi connectivity index (χ4n) is 2.56. The molecule has 0 aliphatic carbocycles. The first-order chi connectivity index (χ1) is 13.4. The van der Waals surface area contributed by atoms with Crippen LogP contribution in [0.2, 0.25) is 0 Å². The molecule has 3 amide bonds. The molecule has 0 saturated heterocycles. The predicted molar refractivity (Wildman–Crippen MR) is 108 cm³/mol. The lowest BCUT2D eigenvalue weighted by Gasteiger charge is -2.19. The maximum absolute atomic E-state index is 12.8. The molecule has 7 nitrogen and oxygen atoms in total. The van der Waals surface area contributed by atoms with Gasteiger partial charge < -0.3 is 20.7 Å². The Balaban J connectivity index is 2.18. The van der Waals surface area contributed by atoms with Crippen LogP contribution in [0.3, 0.4) is 0 Å². The van der Waals surface area contributed by atoms with Crippen molar-refractivity contribution >= 4 is 29.3 Å². The van der Waals surface area contributed by atoms with Crippen LogP contribution in [-0.4, -0.2) is 31.1 Å². The Hall–Kier alpha value is -3.35. The minimum absolute atomic E-state index is 0.115. The molecular formula is C21H25N3O4. The normalized spacial score (nSPS) is 11.2. The summed E-state index contributed by atoms with van der Waals surface area (Å²) in [6, 6.07) is 13.8. The Labute approximate surface area is 164 Å². The number of nitrogens with one attached hydrogen (secondary N) is 3. The van der Waals surface area contributed by atoms with Gasteiger partial charge in [0, 0.05) is 24.2 Å². The monoisotopic (exact) mass is 383 g/mol. The summed E-state index contributed by atoms with van der Waals surface area (Å²) in [6.07, 6.45) is -0.0121. The first-order valence-corrected chi connectivity index (χ1v) is 9.02. The fourth-order valence-corrected chi connectivity index (χ4v) is 2.56. The van der Waals surface area contributed by atoms with Crippen LogP contribution in [0.5, 0.6) is 0 Å². The van der Waals surface area contributed by atoms with Crippen molar-refractivity contribution in [3.63, 3.8) is 0 Å². The number of aryl methyl sites for hydroxylation is 1. The molecular weight excluding hydrogens is 358 g/mol. The molecule has 3 N–H and O–H groups in total. The van der Waals surface area contributed by atoms with Gasteiger partial charge >= 0.3 is 6.09 Å². The van der Waals surface area contributed by atoms with Gasteiger partial charge in [-0.25, -0.2) is 4.79 Å². The van der Waals surface area contributed by atoms with E-state index in [-0.39, 0.29) is 11.8 Å². The van der Waals surface area contributed by atoms with Crippen LogP contribution in [0.4, 0.5) is 16.2 Å². The number of amides is 3. The smallest absolute Gasteiger partial charge is 0.407 e. The van der Waals surface area contributed by atoms with Crippen LogP contribution in [0.15, 0.2) is 48.5 Å². The minimum atomic E-state index is -0.817. The summed E-state index contributed by atoms with van der Waals surface area (Å²) in [5, 5.41) is 8.16. The van der Waals surface area contributed by atoms with Gasteiger partial charge in [-0.2, -0.15) is 0 Å². The molecule has 2 rings (SSSR count). The summed E-state index contributed by atoms with van der Waals surface area (Å²) in [5.74, 6) is -0.494. The maximum atomic E-state index is 12.8. The number of carbonyl (C=O) groups is 3. The predicted octanol–water partition coefficient (Wildman–Crippen LogP) is 3.25. The lowest BCUT2D eigenvalue weighted by Crippen LogP contribution is -2.45. The highest BCUT2D eigenvalue weighted by atomic mass is 16.5. The van der Waals surface area contributed by atoms with Gasteiger partial charge in [-0.3, -0.25) is 9.59 Å². The highest BCUT2D eigenvalue weighted by molar-refractivity contribution is 5.98. The topological polar surface area (TPSA) is 96.5 Å². The van der Waals surface area contributed by atoms with Crippen LogP contribution >= 0.6 is 0 Å². The summed E-state index contributed by atoms with van der Waals surface area (Å²) in [7, 11) is 1.25. The van der Waals surface area contributed by atoms with Crippen molar-refractivity contribution in [1.29, 1.82) is 0 Å². The van der Waals surface area contributed by atoms with Gasteiger partial charge in [-0.15, -0.1) is 0 Å². The lowest BCUT2D eigenvalue weighted by atomic mass is 10.0. The van der Waals surface area contributed by atoms with Crippen molar-refractivity contribution in [2.75, 3.05) is 17.7 Å². The van der Waals surface area contributed by atoms with Crippen molar-refractivity contribution in [3.05, 3.63) is 59.7 Å². The number of hydrogen-bond acceptors (Lipinski definition) is 4. The molecule has 2 aromatic rings. The Morgan fingerprint density at radius 3 is 2.39 bits per heavy atom. The molecule has 2 aromatic carbocycles. The molecule has 0 aromatic heterocycles. The van der Waals surface area contributed by atoms with Gasteiger partial charge in [-0.1, -0.05) is 43.3 Å². The summed E-state index contributed by atoms with van der Waals surface area (Å²) >= 11 is 0. The van der Waals surface area contributed by atoms with Crippen LogP contribution in [0, 0.1) is 6.92 Å². The molecule has 0 aliphatic heterocycles. The van der Waals surface area contributed by atoms with Gasteiger partial charge in [0.1, 0.15) is 6.04 Å². The second kappa shape index (κ2) is 10.1. The quantitative estimate of drug-likeness (QED) is 0.684. The molecule has 0 aliphatic rings. The Bertz CT molecular complexity index is 837. The highest BCUT2D eigenvalue weighted by Crippen LogP contribution is 2.21. The van der Waals surface area contributed by atoms with Crippen LogP contribution in [-0.2, 0) is 20.7 Å². The number of carbonyl (C=O) groups excluding carboxylic acids is 3. The van der Waals surface area contributed by atoms with E-state index in [1.165, 1.54) is 7.11 Å². The summed E-state index contributed by atoms with van der Waals surface area (Å²) < 4.78 is 4.64. The molecule has 0 radical (unpaired) electrons. The largest absolute Gasteiger partial charge is 0.453 e. The minimum Gasteiger partial charge on any atom is -0.453 e. The zero-order valence-electron chi connectivity index (χ0n) is 16.2. The van der Waals surface area contributed by atoms with E-state index in [9.17, 15) is 14.4 Å². The van der Waals surface area contributed by atoms with E-state index in [1.807, 2.05) is 37.3 Å². The standard InChI is InChI=1S/C21H25N3O4/c1-4-19(25)22-16-11-10-14(2)17(13-16)23-20(26)18(24-21(27)28-3)12-15-8-6-5-7-9-15/h5-11,13,18H,4,12H2,1-3H3,(H,22,25)(H,23,26)(H,24,27). The molecule has 0 saturated carbocycles. The number of benzene rings is 2. The van der Waals surface area contributed by atoms with E-state index in [2.05, 4.69) is 20.7 Å². The van der Waals surface area contributed by atoms with E-state index in [4.69, 9.17) is 0 Å². The van der Waals surface area contributed by atoms with E-state index in [0.717, 1.165) is 11.1 Å². The maximum Gasteiger partial charge on any atom is 0.407 e. The van der Waals surface area contributed by atoms with Crippen LogP contribution < -0.4 is 16.0 Å². The van der Waals surface area contributed by atoms with E-state index < -0.39 is 12.1 Å². The van der Waals surface area contributed by atoms with Crippen molar-refractivity contribution in [3.8, 4) is 0 Å². The molecule has 7 heteroatoms. The van der Waals surface area contributed by atoms with E-state index >= 15 is 0 Å². The van der Waals surface area contributed by atoms with Crippen molar-refractivity contribution < 1.29 is 19.1 Å². The molecule has 1 atom stereocenters. The van der Waals surface area contributed by atoms with Crippen molar-refractivity contribution in [1.82, 2.24) is 5.32 Å². The number of methoxy groups -OCH3 is 1. The van der Waals surface area contributed by atoms with Crippen LogP contribution in [0.25, 0.3) is 0 Å². The van der Waals surface area contributed by atoms with E-state index in [0.29, 0.717) is 24.2 Å². The van der Waals surface area contributed by atoms with Gasteiger partial charge in [0.2, 0.25) is 11.8 Å². The third-order valence-corrected chi connectivity index (χ3v) is 4.18. The first-order valence-electron chi connectivity index (χ1n) is 9.02. The summed E-state index contributed by atoms with van der Waals surface area (Å²) in [5.41, 5.74) is 2.89. The fraction of sp³-hybridized carbons (Fsp3) is 0.286. The summed E-state index contributed by atoms with van der Waals surface area (Å²) in [4.78, 5) is 36.1. The molecule has 0 spiro atoms. The average molecular weight is 383 g/mol. The Morgan fingerprint density at radius 1 is 1.04 bits per heavy atom. The number of hydrogen-bond donors (Lipinski definition) is 3. The van der Waals surface area contributed by atoms with Gasteiger partial charge in [-0.05, 0) is 30.2 Å². The number of ether oxygens (including phenoxy) is 1. The molecule has 148 valence electrons. The number of anilines is 2. The Kier molecular flexibility index (Phi) is 7.56.